The van der Waals surface area contributed by atoms with Crippen molar-refractivity contribution in [3.05, 3.63) is 105 Å². The molecule has 3 aromatic carbocycles. The zero-order valence-corrected chi connectivity index (χ0v) is 37.7. The maximum atomic E-state index is 14.4. The number of nitrogens with one attached hydrogen (secondary N) is 4. The largest absolute Gasteiger partial charge is 0.480 e. The molecule has 1 saturated heterocycles. The van der Waals surface area contributed by atoms with E-state index in [4.69, 9.17) is 28.7 Å². The third kappa shape index (κ3) is 16.8. The Morgan fingerprint density at radius 1 is 0.641 bits per heavy atom. The highest BCUT2D eigenvalue weighted by atomic mass is 131. The van der Waals surface area contributed by atoms with Gasteiger partial charge in [0.15, 0.2) is 11.9 Å². The first kappa shape index (κ1) is 50.4. The molecule has 0 unspecified atom stereocenters. The number of aliphatic imine (C=N–C) groups is 2. The van der Waals surface area contributed by atoms with E-state index in [9.17, 15) is 33.9 Å². The normalized spacial score (nSPS) is 15.6. The summed E-state index contributed by atoms with van der Waals surface area (Å²) in [6, 6.07) is 18.3. The monoisotopic (exact) mass is 998 g/mol. The van der Waals surface area contributed by atoms with Gasteiger partial charge in [-0.25, -0.2) is 4.79 Å². The van der Waals surface area contributed by atoms with E-state index in [1.165, 1.54) is 4.90 Å². The predicted octanol–water partition coefficient (Wildman–Crippen LogP) is -0.232. The van der Waals surface area contributed by atoms with E-state index >= 15 is 0 Å². The number of carbonyl (C=O) groups excluding carboxylic acids is 5. The maximum Gasteiger partial charge on any atom is 0.326 e. The van der Waals surface area contributed by atoms with E-state index in [1.807, 2.05) is 12.1 Å². The van der Waals surface area contributed by atoms with Crippen molar-refractivity contribution in [1.29, 1.82) is 0 Å². The van der Waals surface area contributed by atoms with Crippen LogP contribution in [-0.2, 0) is 48.0 Å². The number of halogens is 1. The van der Waals surface area contributed by atoms with Gasteiger partial charge in [-0.3, -0.25) is 34.0 Å². The standard InChI is InChI=1S/C44H59IN12O7/c45-30-19-17-29(18-20-30)26-35(42(63)64)56-39(60)33(24-27-10-3-1-4-11-27)54-38(59)34(25-28-12-5-2-6-13-28)55-40(61)36-16-9-23-57(36)41(62)32(15-8-22-52-44(49)50)53-37(58)31(46)14-7-21-51-43(47)48/h1-6,10-13,17-20,31-36H,7-9,14-16,21-26,46H2,(H,53,58)(H,54,59)(H,55,61)(H,56,60)(H,63,64)(H4,47,48,51)(H4,49,50,52)/t31-,32-,33-,34-,35-,36-/m1/s1/i45+4. The first-order valence-corrected chi connectivity index (χ1v) is 22.1. The third-order valence-electron chi connectivity index (χ3n) is 10.5. The number of carboxylic acids is 1. The summed E-state index contributed by atoms with van der Waals surface area (Å²) in [6.45, 7) is 0.640. The molecule has 5 amide bonds. The Bertz CT molecular complexity index is 2080. The highest BCUT2D eigenvalue weighted by molar-refractivity contribution is 14.1. The molecule has 64 heavy (non-hydrogen) atoms. The second kappa shape index (κ2) is 25.7. The van der Waals surface area contributed by atoms with E-state index in [0.29, 0.717) is 36.0 Å². The Morgan fingerprint density at radius 3 is 1.64 bits per heavy atom. The average Bonchev–Trinajstić information content (AvgIpc) is 3.77. The van der Waals surface area contributed by atoms with Crippen LogP contribution >= 0.6 is 22.6 Å². The zero-order valence-electron chi connectivity index (χ0n) is 35.5. The number of hydrogen-bond donors (Lipinski definition) is 10. The van der Waals surface area contributed by atoms with Crippen molar-refractivity contribution >= 4 is 70.0 Å². The zero-order chi connectivity index (χ0) is 46.6. The minimum atomic E-state index is -1.31. The molecule has 1 fully saturated rings. The number of benzene rings is 3. The maximum absolute atomic E-state index is 14.4. The Hall–Kier alpha value is -6.29. The van der Waals surface area contributed by atoms with E-state index in [0.717, 1.165) is 3.57 Å². The van der Waals surface area contributed by atoms with Crippen LogP contribution in [0.3, 0.4) is 0 Å². The van der Waals surface area contributed by atoms with Crippen LogP contribution in [0.4, 0.5) is 0 Å². The van der Waals surface area contributed by atoms with Crippen LogP contribution in [0.1, 0.15) is 55.2 Å². The van der Waals surface area contributed by atoms with Crippen molar-refractivity contribution in [2.24, 2.45) is 38.7 Å². The number of nitrogens with zero attached hydrogens (tertiary/aromatic N) is 3. The van der Waals surface area contributed by atoms with E-state index in [2.05, 4.69) is 53.8 Å². The lowest BCUT2D eigenvalue weighted by Gasteiger charge is -2.30. The molecule has 4 rings (SSSR count). The number of amides is 5. The van der Waals surface area contributed by atoms with Gasteiger partial charge in [0.25, 0.3) is 0 Å². The molecule has 3 aromatic rings. The number of rotatable bonds is 24. The van der Waals surface area contributed by atoms with Crippen molar-refractivity contribution in [1.82, 2.24) is 26.2 Å². The molecule has 1 aliphatic rings. The highest BCUT2D eigenvalue weighted by Crippen LogP contribution is 2.21. The second-order valence-corrected chi connectivity index (χ2v) is 16.7. The summed E-state index contributed by atoms with van der Waals surface area (Å²) in [5, 5.41) is 21.1. The SMILES string of the molecule is NC(N)=NCCC[C@@H](N)C(=O)N[C@H](CCCN=C(N)N)C(=O)N1CCC[C@@H]1C(=O)N[C@H](Cc1ccccc1)C(=O)N[C@H](Cc1ccccc1)C(=O)N[C@H](Cc1ccc([131I])cc1)C(=O)O. The average molecular weight is 999 g/mol. The number of hydrogen-bond acceptors (Lipinski definition) is 9. The van der Waals surface area contributed by atoms with Gasteiger partial charge in [0.2, 0.25) is 29.5 Å². The molecule has 344 valence electrons. The van der Waals surface area contributed by atoms with Crippen LogP contribution in [0.2, 0.25) is 0 Å². The van der Waals surface area contributed by atoms with Crippen LogP contribution in [-0.4, -0.2) is 113 Å². The second-order valence-electron chi connectivity index (χ2n) is 15.5. The topological polar surface area (TPSA) is 329 Å². The molecule has 1 heterocycles. The van der Waals surface area contributed by atoms with Gasteiger partial charge in [-0.1, -0.05) is 72.8 Å². The fraction of sp³-hybridized carbons (Fsp3) is 0.409. The summed E-state index contributed by atoms with van der Waals surface area (Å²) >= 11 is 2.14. The lowest BCUT2D eigenvalue weighted by atomic mass is 10.0. The van der Waals surface area contributed by atoms with Gasteiger partial charge in [-0.2, -0.15) is 0 Å². The van der Waals surface area contributed by atoms with E-state index < -0.39 is 71.8 Å². The molecule has 0 bridgehead atoms. The molecule has 1 aliphatic heterocycles. The Balaban J connectivity index is 1.55. The molecule has 20 heteroatoms. The summed E-state index contributed by atoms with van der Waals surface area (Å²) < 4.78 is 0.964. The molecular formula is C44H59IN12O7. The smallest absolute Gasteiger partial charge is 0.326 e. The first-order chi connectivity index (χ1) is 30.6. The Kier molecular flexibility index (Phi) is 20.2. The molecule has 0 spiro atoms. The van der Waals surface area contributed by atoms with Crippen LogP contribution in [0.5, 0.6) is 0 Å². The number of likely N-dealkylation sites (tertiary alicyclic amines) is 1. The number of carboxylic acid groups (broad SMARTS) is 1. The van der Waals surface area contributed by atoms with Gasteiger partial charge in [0, 0.05) is 42.5 Å². The van der Waals surface area contributed by atoms with Gasteiger partial charge >= 0.3 is 5.97 Å². The predicted molar refractivity (Wildman–Crippen MR) is 251 cm³/mol. The van der Waals surface area contributed by atoms with Crippen LogP contribution < -0.4 is 49.9 Å². The molecule has 19 nitrogen and oxygen atoms in total. The van der Waals surface area contributed by atoms with Gasteiger partial charge in [-0.15, -0.1) is 0 Å². The quantitative estimate of drug-likeness (QED) is 0.0241. The fourth-order valence-electron chi connectivity index (χ4n) is 7.18. The lowest BCUT2D eigenvalue weighted by molar-refractivity contribution is -0.143. The molecular weight excluding hydrogens is 939 g/mol. The minimum Gasteiger partial charge on any atom is -0.480 e. The highest BCUT2D eigenvalue weighted by Gasteiger charge is 2.39. The molecule has 0 saturated carbocycles. The molecule has 6 atom stereocenters. The van der Waals surface area contributed by atoms with E-state index in [-0.39, 0.29) is 70.1 Å². The molecule has 0 radical (unpaired) electrons. The van der Waals surface area contributed by atoms with Crippen molar-refractivity contribution in [2.45, 2.75) is 94.0 Å². The Labute approximate surface area is 386 Å². The van der Waals surface area contributed by atoms with Gasteiger partial charge in [-0.05, 0) is 89.9 Å². The van der Waals surface area contributed by atoms with E-state index in [1.54, 1.807) is 72.8 Å². The number of nitrogens with two attached hydrogens (primary N) is 5. The third-order valence-corrected chi connectivity index (χ3v) is 11.2. The van der Waals surface area contributed by atoms with Crippen molar-refractivity contribution in [3.8, 4) is 0 Å². The van der Waals surface area contributed by atoms with Crippen LogP contribution in [0.25, 0.3) is 0 Å². The number of carbonyl (C=O) groups is 6. The Morgan fingerprint density at radius 2 is 1.11 bits per heavy atom. The molecule has 15 N–H and O–H groups in total. The fourth-order valence-corrected chi connectivity index (χ4v) is 7.54. The van der Waals surface area contributed by atoms with Gasteiger partial charge in [0.1, 0.15) is 30.2 Å². The summed E-state index contributed by atoms with van der Waals surface area (Å²) in [5.41, 5.74) is 30.0. The lowest BCUT2D eigenvalue weighted by Crippen LogP contribution is -2.59. The van der Waals surface area contributed by atoms with Crippen LogP contribution in [0, 0.1) is 3.57 Å². The van der Waals surface area contributed by atoms with Gasteiger partial charge in [0.05, 0.1) is 6.04 Å². The van der Waals surface area contributed by atoms with Gasteiger partial charge < -0.3 is 59.9 Å². The number of aliphatic carboxylic acids is 1. The number of guanidine groups is 2. The summed E-state index contributed by atoms with van der Waals surface area (Å²) in [4.78, 5) is 91.8. The molecule has 0 aliphatic carbocycles. The van der Waals surface area contributed by atoms with Crippen LogP contribution in [0.15, 0.2) is 94.9 Å². The van der Waals surface area contributed by atoms with Crippen molar-refractivity contribution in [3.63, 3.8) is 0 Å². The summed E-state index contributed by atoms with van der Waals surface area (Å²) in [6.07, 6.45) is 1.86. The minimum absolute atomic E-state index is 0.00159. The first-order valence-electron chi connectivity index (χ1n) is 21.0. The summed E-state index contributed by atoms with van der Waals surface area (Å²) in [7, 11) is 0. The van der Waals surface area contributed by atoms with Crippen molar-refractivity contribution in [2.75, 3.05) is 19.6 Å². The summed E-state index contributed by atoms with van der Waals surface area (Å²) in [5.74, 6) is -4.61. The van der Waals surface area contributed by atoms with Crippen molar-refractivity contribution < 1.29 is 33.9 Å². The molecule has 0 aromatic heterocycles.